The Balaban J connectivity index is 2.33. The number of anilines is 2. The Hall–Kier alpha value is -1.65. The van der Waals surface area contributed by atoms with Crippen LogP contribution >= 0.6 is 23.8 Å². The maximum Gasteiger partial charge on any atom is 0.147 e. The van der Waals surface area contributed by atoms with Crippen molar-refractivity contribution in [3.05, 3.63) is 58.4 Å². The summed E-state index contributed by atoms with van der Waals surface area (Å²) in [5, 5.41) is 3.59. The van der Waals surface area contributed by atoms with Gasteiger partial charge < -0.3 is 11.1 Å². The number of hydrogen-bond acceptors (Lipinski definition) is 2. The number of aryl methyl sites for hydroxylation is 1. The van der Waals surface area contributed by atoms with Gasteiger partial charge in [0.1, 0.15) is 10.8 Å². The summed E-state index contributed by atoms with van der Waals surface area (Å²) in [6.07, 6.45) is 0. The first-order valence-electron chi connectivity index (χ1n) is 5.60. The molecule has 5 heteroatoms. The van der Waals surface area contributed by atoms with Crippen LogP contribution in [-0.2, 0) is 0 Å². The molecule has 0 aromatic heterocycles. The van der Waals surface area contributed by atoms with Gasteiger partial charge in [0.15, 0.2) is 0 Å². The van der Waals surface area contributed by atoms with Gasteiger partial charge in [-0.15, -0.1) is 0 Å². The Kier molecular flexibility index (Phi) is 4.02. The maximum absolute atomic E-state index is 13.9. The summed E-state index contributed by atoms with van der Waals surface area (Å²) in [5.41, 5.74) is 8.04. The zero-order valence-corrected chi connectivity index (χ0v) is 11.8. The summed E-state index contributed by atoms with van der Waals surface area (Å²) in [4.78, 5) is 0.171. The highest BCUT2D eigenvalue weighted by atomic mass is 35.5. The minimum atomic E-state index is -0.412. The van der Waals surface area contributed by atoms with Crippen molar-refractivity contribution in [2.24, 2.45) is 5.73 Å². The Bertz CT molecular complexity index is 643. The van der Waals surface area contributed by atoms with Crippen LogP contribution in [0.4, 0.5) is 15.8 Å². The fraction of sp³-hybridized carbons (Fsp3) is 0.0714. The van der Waals surface area contributed by atoms with Crippen molar-refractivity contribution in [1.82, 2.24) is 0 Å². The number of thiocarbonyl (C=S) groups is 1. The molecule has 0 bridgehead atoms. The van der Waals surface area contributed by atoms with E-state index in [0.717, 1.165) is 11.3 Å². The van der Waals surface area contributed by atoms with E-state index in [-0.39, 0.29) is 4.99 Å². The summed E-state index contributed by atoms with van der Waals surface area (Å²) in [5.74, 6) is -0.412. The number of benzene rings is 2. The molecule has 19 heavy (non-hydrogen) atoms. The summed E-state index contributed by atoms with van der Waals surface area (Å²) in [6.45, 7) is 1.92. The quantitative estimate of drug-likeness (QED) is 0.835. The molecule has 0 aliphatic carbocycles. The van der Waals surface area contributed by atoms with Gasteiger partial charge in [-0.3, -0.25) is 0 Å². The largest absolute Gasteiger partial charge is 0.389 e. The SMILES string of the molecule is Cc1ccc(Cl)cc1Nc1ccc(C(N)=S)cc1F. The molecule has 0 saturated carbocycles. The van der Waals surface area contributed by atoms with Gasteiger partial charge in [0.25, 0.3) is 0 Å². The fourth-order valence-corrected chi connectivity index (χ4v) is 1.94. The van der Waals surface area contributed by atoms with Gasteiger partial charge in [-0.25, -0.2) is 4.39 Å². The molecule has 0 heterocycles. The Morgan fingerprint density at radius 2 is 1.95 bits per heavy atom. The summed E-state index contributed by atoms with van der Waals surface area (Å²) < 4.78 is 13.9. The molecule has 2 aromatic rings. The average Bonchev–Trinajstić information content (AvgIpc) is 2.36. The van der Waals surface area contributed by atoms with Crippen molar-refractivity contribution < 1.29 is 4.39 Å². The van der Waals surface area contributed by atoms with Gasteiger partial charge in [0.2, 0.25) is 0 Å². The van der Waals surface area contributed by atoms with Gasteiger partial charge in [0.05, 0.1) is 5.69 Å². The normalized spacial score (nSPS) is 10.3. The van der Waals surface area contributed by atoms with Gasteiger partial charge in [-0.1, -0.05) is 29.9 Å². The van der Waals surface area contributed by atoms with Crippen LogP contribution in [0.1, 0.15) is 11.1 Å². The van der Waals surface area contributed by atoms with E-state index in [2.05, 4.69) is 5.32 Å². The van der Waals surface area contributed by atoms with Crippen LogP contribution in [0.25, 0.3) is 0 Å². The van der Waals surface area contributed by atoms with Crippen molar-refractivity contribution in [3.63, 3.8) is 0 Å². The molecule has 0 fully saturated rings. The number of nitrogens with one attached hydrogen (secondary N) is 1. The lowest BCUT2D eigenvalue weighted by Gasteiger charge is -2.11. The number of halogens is 2. The summed E-state index contributed by atoms with van der Waals surface area (Å²) >= 11 is 10.7. The van der Waals surface area contributed by atoms with E-state index in [0.29, 0.717) is 16.3 Å². The summed E-state index contributed by atoms with van der Waals surface area (Å²) in [7, 11) is 0. The molecule has 0 aliphatic rings. The first kappa shape index (κ1) is 13.8. The molecule has 2 nitrogen and oxygen atoms in total. The molecule has 0 radical (unpaired) electrons. The van der Waals surface area contributed by atoms with E-state index in [1.54, 1.807) is 24.3 Å². The van der Waals surface area contributed by atoms with Crippen LogP contribution in [0.5, 0.6) is 0 Å². The minimum absolute atomic E-state index is 0.171. The monoisotopic (exact) mass is 294 g/mol. The van der Waals surface area contributed by atoms with Crippen LogP contribution in [0, 0.1) is 12.7 Å². The van der Waals surface area contributed by atoms with E-state index in [9.17, 15) is 4.39 Å². The molecular formula is C14H12ClFN2S. The Labute approximate surface area is 121 Å². The van der Waals surface area contributed by atoms with Crippen LogP contribution < -0.4 is 11.1 Å². The van der Waals surface area contributed by atoms with Gasteiger partial charge in [-0.05, 0) is 42.8 Å². The molecule has 3 N–H and O–H groups in total. The van der Waals surface area contributed by atoms with Crippen LogP contribution in [0.15, 0.2) is 36.4 Å². The number of rotatable bonds is 3. The molecule has 2 aromatic carbocycles. The minimum Gasteiger partial charge on any atom is -0.389 e. The molecule has 98 valence electrons. The van der Waals surface area contributed by atoms with Gasteiger partial charge in [0, 0.05) is 16.3 Å². The van der Waals surface area contributed by atoms with Crippen LogP contribution in [0.3, 0.4) is 0 Å². The van der Waals surface area contributed by atoms with E-state index in [4.69, 9.17) is 29.6 Å². The zero-order chi connectivity index (χ0) is 14.0. The first-order chi connectivity index (χ1) is 8.97. The van der Waals surface area contributed by atoms with Crippen LogP contribution in [0.2, 0.25) is 5.02 Å². The predicted molar refractivity (Wildman–Crippen MR) is 81.8 cm³/mol. The highest BCUT2D eigenvalue weighted by molar-refractivity contribution is 7.80. The van der Waals surface area contributed by atoms with Crippen LogP contribution in [-0.4, -0.2) is 4.99 Å². The fourth-order valence-electron chi connectivity index (χ4n) is 1.64. The standard InChI is InChI=1S/C14H12ClFN2S/c1-8-2-4-10(15)7-13(8)18-12-5-3-9(14(17)19)6-11(12)16/h2-7,18H,1H3,(H2,17,19). The van der Waals surface area contributed by atoms with Gasteiger partial charge >= 0.3 is 0 Å². The third kappa shape index (κ3) is 3.22. The van der Waals surface area contributed by atoms with E-state index in [1.807, 2.05) is 13.0 Å². The average molecular weight is 295 g/mol. The van der Waals surface area contributed by atoms with E-state index >= 15 is 0 Å². The lowest BCUT2D eigenvalue weighted by molar-refractivity contribution is 0.631. The lowest BCUT2D eigenvalue weighted by atomic mass is 10.1. The molecular weight excluding hydrogens is 283 g/mol. The smallest absolute Gasteiger partial charge is 0.147 e. The second-order valence-electron chi connectivity index (χ2n) is 4.14. The molecule has 2 rings (SSSR count). The topological polar surface area (TPSA) is 38.0 Å². The predicted octanol–water partition coefficient (Wildman–Crippen LogP) is 4.17. The third-order valence-corrected chi connectivity index (χ3v) is 3.19. The van der Waals surface area contributed by atoms with Crippen molar-refractivity contribution in [2.75, 3.05) is 5.32 Å². The van der Waals surface area contributed by atoms with E-state index in [1.165, 1.54) is 6.07 Å². The molecule has 0 aliphatic heterocycles. The van der Waals surface area contributed by atoms with Gasteiger partial charge in [-0.2, -0.15) is 0 Å². The van der Waals surface area contributed by atoms with Crippen molar-refractivity contribution in [2.45, 2.75) is 6.92 Å². The zero-order valence-electron chi connectivity index (χ0n) is 10.2. The maximum atomic E-state index is 13.9. The highest BCUT2D eigenvalue weighted by Crippen LogP contribution is 2.26. The van der Waals surface area contributed by atoms with Crippen molar-refractivity contribution in [3.8, 4) is 0 Å². The lowest BCUT2D eigenvalue weighted by Crippen LogP contribution is -2.10. The number of hydrogen-bond donors (Lipinski definition) is 2. The highest BCUT2D eigenvalue weighted by Gasteiger charge is 2.07. The van der Waals surface area contributed by atoms with Crippen molar-refractivity contribution in [1.29, 1.82) is 0 Å². The summed E-state index contributed by atoms with van der Waals surface area (Å²) in [6, 6.07) is 9.99. The first-order valence-corrected chi connectivity index (χ1v) is 6.38. The molecule has 0 atom stereocenters. The second-order valence-corrected chi connectivity index (χ2v) is 5.02. The molecule has 0 saturated heterocycles. The molecule has 0 spiro atoms. The number of nitrogens with two attached hydrogens (primary N) is 1. The van der Waals surface area contributed by atoms with E-state index < -0.39 is 5.82 Å². The Morgan fingerprint density at radius 1 is 1.21 bits per heavy atom. The second kappa shape index (κ2) is 5.55. The molecule has 0 unspecified atom stereocenters. The Morgan fingerprint density at radius 3 is 2.58 bits per heavy atom. The third-order valence-electron chi connectivity index (χ3n) is 2.72. The molecule has 0 amide bonds. The van der Waals surface area contributed by atoms with Crippen molar-refractivity contribution >= 4 is 40.2 Å².